The Balaban J connectivity index is 2.07. The Labute approximate surface area is 172 Å². The van der Waals surface area contributed by atoms with E-state index in [9.17, 15) is 21.6 Å². The number of fused-ring (bicyclic) bond motifs is 1. The van der Waals surface area contributed by atoms with Crippen molar-refractivity contribution in [3.05, 3.63) is 53.1 Å². The lowest BCUT2D eigenvalue weighted by Crippen LogP contribution is -2.20. The molecule has 1 aromatic heterocycles. The minimum Gasteiger partial charge on any atom is -0.492 e. The van der Waals surface area contributed by atoms with Gasteiger partial charge in [0.05, 0.1) is 17.2 Å². The second kappa shape index (κ2) is 8.07. The van der Waals surface area contributed by atoms with Gasteiger partial charge in [-0.05, 0) is 49.4 Å². The summed E-state index contributed by atoms with van der Waals surface area (Å²) < 4.78 is 75.9. The molecule has 3 aromatic rings. The number of halogens is 4. The van der Waals surface area contributed by atoms with Crippen molar-refractivity contribution in [3.63, 3.8) is 0 Å². The van der Waals surface area contributed by atoms with Crippen LogP contribution >= 0.6 is 15.9 Å². The third-order valence-electron chi connectivity index (χ3n) is 3.70. The van der Waals surface area contributed by atoms with Gasteiger partial charge >= 0.3 is 6.36 Å². The number of sulfonamides is 1. The average molecular weight is 491 g/mol. The highest BCUT2D eigenvalue weighted by molar-refractivity contribution is 9.10. The van der Waals surface area contributed by atoms with Gasteiger partial charge in [0, 0.05) is 16.1 Å². The van der Waals surface area contributed by atoms with Crippen molar-refractivity contribution in [2.75, 3.05) is 11.3 Å². The van der Waals surface area contributed by atoms with E-state index in [4.69, 9.17) is 4.74 Å². The van der Waals surface area contributed by atoms with Crippen LogP contribution in [0.1, 0.15) is 6.92 Å². The predicted molar refractivity (Wildman–Crippen MR) is 105 cm³/mol. The maximum atomic E-state index is 13.0. The zero-order valence-corrected chi connectivity index (χ0v) is 17.2. The lowest BCUT2D eigenvalue weighted by Gasteiger charge is -2.16. The molecule has 0 radical (unpaired) electrons. The van der Waals surface area contributed by atoms with Crippen LogP contribution in [-0.2, 0) is 10.0 Å². The Morgan fingerprint density at radius 2 is 1.90 bits per heavy atom. The van der Waals surface area contributed by atoms with Gasteiger partial charge in [0.2, 0.25) is 0 Å². The molecule has 29 heavy (non-hydrogen) atoms. The molecule has 0 amide bonds. The number of ether oxygens (including phenoxy) is 2. The van der Waals surface area contributed by atoms with Gasteiger partial charge in [-0.25, -0.2) is 8.42 Å². The van der Waals surface area contributed by atoms with E-state index in [-0.39, 0.29) is 20.4 Å². The molecule has 2 aromatic carbocycles. The Morgan fingerprint density at radius 1 is 1.14 bits per heavy atom. The van der Waals surface area contributed by atoms with Gasteiger partial charge in [0.15, 0.2) is 5.75 Å². The number of nitrogens with one attached hydrogen (secondary N) is 1. The summed E-state index contributed by atoms with van der Waals surface area (Å²) in [6, 6.07) is 9.41. The summed E-state index contributed by atoms with van der Waals surface area (Å²) in [7, 11) is -4.27. The van der Waals surface area contributed by atoms with Crippen molar-refractivity contribution in [2.24, 2.45) is 0 Å². The quantitative estimate of drug-likeness (QED) is 0.520. The van der Waals surface area contributed by atoms with Crippen molar-refractivity contribution in [1.82, 2.24) is 4.98 Å². The van der Waals surface area contributed by atoms with Gasteiger partial charge in [0.25, 0.3) is 10.0 Å². The molecule has 0 aliphatic heterocycles. The lowest BCUT2D eigenvalue weighted by atomic mass is 10.2. The van der Waals surface area contributed by atoms with Gasteiger partial charge < -0.3 is 9.47 Å². The molecule has 0 bridgehead atoms. The van der Waals surface area contributed by atoms with E-state index in [1.54, 1.807) is 13.0 Å². The van der Waals surface area contributed by atoms with Crippen molar-refractivity contribution < 1.29 is 31.1 Å². The first-order valence-electron chi connectivity index (χ1n) is 8.19. The number of aromatic nitrogens is 1. The molecule has 1 N–H and O–H groups in total. The normalized spacial score (nSPS) is 12.0. The van der Waals surface area contributed by atoms with Crippen LogP contribution in [0.2, 0.25) is 0 Å². The Bertz CT molecular complexity index is 1150. The smallest absolute Gasteiger partial charge is 0.492 e. The summed E-state index contributed by atoms with van der Waals surface area (Å²) >= 11 is 3.04. The highest BCUT2D eigenvalue weighted by Crippen LogP contribution is 2.36. The molecule has 3 rings (SSSR count). The van der Waals surface area contributed by atoms with Crippen molar-refractivity contribution >= 4 is 42.5 Å². The first-order chi connectivity index (χ1) is 13.6. The number of anilines is 1. The first kappa shape index (κ1) is 21.2. The number of hydrogen-bond acceptors (Lipinski definition) is 5. The molecule has 0 atom stereocenters. The molecule has 11 heteroatoms. The van der Waals surface area contributed by atoms with Gasteiger partial charge in [-0.2, -0.15) is 0 Å². The summed E-state index contributed by atoms with van der Waals surface area (Å²) in [4.78, 5) is 4.00. The number of alkyl halides is 3. The minimum absolute atomic E-state index is 0.162. The molecule has 0 spiro atoms. The van der Waals surface area contributed by atoms with E-state index in [1.165, 1.54) is 30.5 Å². The molecule has 0 aliphatic carbocycles. The van der Waals surface area contributed by atoms with Crippen LogP contribution in [0.3, 0.4) is 0 Å². The van der Waals surface area contributed by atoms with Crippen molar-refractivity contribution in [3.8, 4) is 11.5 Å². The van der Waals surface area contributed by atoms with E-state index < -0.39 is 22.1 Å². The van der Waals surface area contributed by atoms with Crippen LogP contribution in [0, 0.1) is 0 Å². The Kier molecular flexibility index (Phi) is 5.90. The first-order valence-corrected chi connectivity index (χ1v) is 10.5. The largest absolute Gasteiger partial charge is 0.573 e. The monoisotopic (exact) mass is 490 g/mol. The molecular formula is C18H14BrF3N2O4S. The SMILES string of the molecule is CCOc1ccc(S(=O)(=O)Nc2ccc(Br)cc2OC(F)(F)F)c2cccnc12. The summed E-state index contributed by atoms with van der Waals surface area (Å²) in [5, 5.41) is 0.265. The number of hydrogen-bond donors (Lipinski definition) is 1. The topological polar surface area (TPSA) is 77.5 Å². The van der Waals surface area contributed by atoms with Gasteiger partial charge in [-0.3, -0.25) is 9.71 Å². The zero-order chi connectivity index (χ0) is 21.2. The van der Waals surface area contributed by atoms with Crippen molar-refractivity contribution in [2.45, 2.75) is 18.2 Å². The number of benzene rings is 2. The van der Waals surface area contributed by atoms with E-state index in [2.05, 4.69) is 30.4 Å². The molecule has 0 aliphatic rings. The third-order valence-corrected chi connectivity index (χ3v) is 5.61. The molecular weight excluding hydrogens is 477 g/mol. The summed E-state index contributed by atoms with van der Waals surface area (Å²) in [6.45, 7) is 2.13. The summed E-state index contributed by atoms with van der Waals surface area (Å²) in [6.07, 6.45) is -3.50. The molecule has 6 nitrogen and oxygen atoms in total. The Hall–Kier alpha value is -2.53. The zero-order valence-electron chi connectivity index (χ0n) is 14.8. The van der Waals surface area contributed by atoms with Gasteiger partial charge in [-0.1, -0.05) is 15.9 Å². The Morgan fingerprint density at radius 3 is 2.59 bits per heavy atom. The molecule has 1 heterocycles. The second-order valence-electron chi connectivity index (χ2n) is 5.69. The fourth-order valence-electron chi connectivity index (χ4n) is 2.62. The van der Waals surface area contributed by atoms with Crippen LogP contribution in [0.25, 0.3) is 10.9 Å². The average Bonchev–Trinajstić information content (AvgIpc) is 2.63. The number of rotatable bonds is 6. The van der Waals surface area contributed by atoms with Crippen LogP contribution in [-0.4, -0.2) is 26.4 Å². The number of nitrogens with zero attached hydrogens (tertiary/aromatic N) is 1. The van der Waals surface area contributed by atoms with Crippen LogP contribution < -0.4 is 14.2 Å². The fraction of sp³-hybridized carbons (Fsp3) is 0.167. The summed E-state index contributed by atoms with van der Waals surface area (Å²) in [5.41, 5.74) is -0.0451. The fourth-order valence-corrected chi connectivity index (χ4v) is 4.23. The van der Waals surface area contributed by atoms with E-state index in [0.717, 1.165) is 12.1 Å². The molecule has 0 saturated heterocycles. The van der Waals surface area contributed by atoms with Crippen LogP contribution in [0.5, 0.6) is 11.5 Å². The van der Waals surface area contributed by atoms with Crippen LogP contribution in [0.4, 0.5) is 18.9 Å². The highest BCUT2D eigenvalue weighted by Gasteiger charge is 2.33. The third kappa shape index (κ3) is 4.91. The predicted octanol–water partition coefficient (Wildman–Crippen LogP) is 5.10. The molecule has 154 valence electrons. The van der Waals surface area contributed by atoms with E-state index in [1.807, 2.05) is 0 Å². The maximum absolute atomic E-state index is 13.0. The van der Waals surface area contributed by atoms with Crippen molar-refractivity contribution in [1.29, 1.82) is 0 Å². The molecule has 0 saturated carbocycles. The van der Waals surface area contributed by atoms with Crippen LogP contribution in [0.15, 0.2) is 58.0 Å². The molecule has 0 unspecified atom stereocenters. The standard InChI is InChI=1S/C18H14BrF3N2O4S/c1-2-27-14-7-8-16(12-4-3-9-23-17(12)14)29(25,26)24-13-6-5-11(19)10-15(13)28-18(20,21)22/h3-10,24H,2H2,1H3. The lowest BCUT2D eigenvalue weighted by molar-refractivity contribution is -0.274. The summed E-state index contributed by atoms with van der Waals surface area (Å²) in [5.74, 6) is -0.296. The highest BCUT2D eigenvalue weighted by atomic mass is 79.9. The van der Waals surface area contributed by atoms with Gasteiger partial charge in [-0.15, -0.1) is 13.2 Å². The second-order valence-corrected chi connectivity index (χ2v) is 8.25. The number of pyridine rings is 1. The maximum Gasteiger partial charge on any atom is 0.573 e. The minimum atomic E-state index is -4.99. The van der Waals surface area contributed by atoms with Gasteiger partial charge in [0.1, 0.15) is 11.3 Å². The molecule has 0 fully saturated rings. The van der Waals surface area contributed by atoms with E-state index >= 15 is 0 Å². The van der Waals surface area contributed by atoms with E-state index in [0.29, 0.717) is 17.9 Å².